The Balaban J connectivity index is 1.56. The molecule has 1 atom stereocenters. The van der Waals surface area contributed by atoms with E-state index < -0.39 is 0 Å². The van der Waals surface area contributed by atoms with Gasteiger partial charge in [0.05, 0.1) is 19.3 Å². The smallest absolute Gasteiger partial charge is 0.258 e. The van der Waals surface area contributed by atoms with Crippen LogP contribution in [0.25, 0.3) is 0 Å². The molecule has 1 aliphatic rings. The molecule has 2 aromatic rings. The van der Waals surface area contributed by atoms with Gasteiger partial charge >= 0.3 is 0 Å². The van der Waals surface area contributed by atoms with Gasteiger partial charge in [-0.3, -0.25) is 14.5 Å². The van der Waals surface area contributed by atoms with Crippen LogP contribution in [0.3, 0.4) is 0 Å². The summed E-state index contributed by atoms with van der Waals surface area (Å²) in [6.07, 6.45) is 0. The van der Waals surface area contributed by atoms with Gasteiger partial charge in [-0.05, 0) is 24.6 Å². The number of carbonyl (C=O) groups is 2. The normalized spacial score (nSPS) is 15.6. The number of nitrogens with one attached hydrogen (secondary N) is 1. The van der Waals surface area contributed by atoms with Crippen molar-refractivity contribution in [1.29, 1.82) is 0 Å². The Kier molecular flexibility index (Phi) is 7.17. The Bertz CT molecular complexity index is 788. The maximum atomic E-state index is 12.3. The average Bonchev–Trinajstić information content (AvgIpc) is 2.74. The van der Waals surface area contributed by atoms with Crippen molar-refractivity contribution in [1.82, 2.24) is 10.2 Å². The van der Waals surface area contributed by atoms with E-state index >= 15 is 0 Å². The number of nitrogens with zero attached hydrogens (tertiary/aromatic N) is 1. The molecule has 0 radical (unpaired) electrons. The van der Waals surface area contributed by atoms with Crippen molar-refractivity contribution in [2.24, 2.45) is 0 Å². The van der Waals surface area contributed by atoms with Crippen LogP contribution >= 0.6 is 0 Å². The van der Waals surface area contributed by atoms with Crippen molar-refractivity contribution in [2.75, 3.05) is 39.5 Å². The third-order valence-electron chi connectivity index (χ3n) is 4.77. The monoisotopic (exact) mass is 382 g/mol. The quantitative estimate of drug-likeness (QED) is 0.711. The van der Waals surface area contributed by atoms with Crippen LogP contribution in [-0.4, -0.2) is 56.0 Å². The van der Waals surface area contributed by atoms with E-state index in [9.17, 15) is 9.59 Å². The highest BCUT2D eigenvalue weighted by Crippen LogP contribution is 2.21. The standard InChI is InChI=1S/C22H26N2O4/c1-17(25)19-8-5-9-20(14-19)28-16-22(26)23-15-21(18-6-3-2-4-7-18)24-10-12-27-13-11-24/h2-9,14,21H,10-13,15-16H2,1H3,(H,23,26). The van der Waals surface area contributed by atoms with Gasteiger partial charge in [0.25, 0.3) is 5.91 Å². The molecule has 28 heavy (non-hydrogen) atoms. The topological polar surface area (TPSA) is 67.9 Å². The first kappa shape index (κ1) is 20.0. The number of ketones is 1. The lowest BCUT2D eigenvalue weighted by molar-refractivity contribution is -0.123. The summed E-state index contributed by atoms with van der Waals surface area (Å²) in [5, 5.41) is 2.97. The molecule has 1 heterocycles. The van der Waals surface area contributed by atoms with Gasteiger partial charge in [0.2, 0.25) is 0 Å². The third-order valence-corrected chi connectivity index (χ3v) is 4.77. The fraction of sp³-hybridized carbons (Fsp3) is 0.364. The highest BCUT2D eigenvalue weighted by molar-refractivity contribution is 5.94. The van der Waals surface area contributed by atoms with Gasteiger partial charge in [0.15, 0.2) is 12.4 Å². The molecule has 0 bridgehead atoms. The fourth-order valence-corrected chi connectivity index (χ4v) is 3.24. The van der Waals surface area contributed by atoms with E-state index in [-0.39, 0.29) is 24.3 Å². The summed E-state index contributed by atoms with van der Waals surface area (Å²) < 4.78 is 11.0. The van der Waals surface area contributed by atoms with E-state index in [4.69, 9.17) is 9.47 Å². The summed E-state index contributed by atoms with van der Waals surface area (Å²) in [5.74, 6) is 0.282. The Morgan fingerprint density at radius 2 is 1.86 bits per heavy atom. The first-order valence-corrected chi connectivity index (χ1v) is 9.51. The summed E-state index contributed by atoms with van der Waals surface area (Å²) in [7, 11) is 0. The van der Waals surface area contributed by atoms with E-state index in [0.717, 1.165) is 13.1 Å². The molecule has 6 nitrogen and oxygen atoms in total. The number of benzene rings is 2. The van der Waals surface area contributed by atoms with Crippen LogP contribution in [0.4, 0.5) is 0 Å². The Hall–Kier alpha value is -2.70. The van der Waals surface area contributed by atoms with Crippen LogP contribution in [0, 0.1) is 0 Å². The van der Waals surface area contributed by atoms with Gasteiger partial charge in [-0.25, -0.2) is 0 Å². The van der Waals surface area contributed by atoms with Gasteiger partial charge in [0.1, 0.15) is 5.75 Å². The predicted octanol–water partition coefficient (Wildman–Crippen LogP) is 2.46. The molecule has 1 N–H and O–H groups in total. The van der Waals surface area contributed by atoms with E-state index in [0.29, 0.717) is 31.1 Å². The van der Waals surface area contributed by atoms with Crippen LogP contribution in [0.2, 0.25) is 0 Å². The number of ether oxygens (including phenoxy) is 2. The van der Waals surface area contributed by atoms with Crippen molar-refractivity contribution in [2.45, 2.75) is 13.0 Å². The second-order valence-electron chi connectivity index (χ2n) is 6.75. The molecule has 6 heteroatoms. The zero-order chi connectivity index (χ0) is 19.8. The Labute approximate surface area is 165 Å². The predicted molar refractivity (Wildman–Crippen MR) is 107 cm³/mol. The molecular formula is C22H26N2O4. The molecule has 0 aliphatic carbocycles. The van der Waals surface area contributed by atoms with E-state index in [1.807, 2.05) is 18.2 Å². The molecule has 0 spiro atoms. The minimum Gasteiger partial charge on any atom is -0.484 e. The maximum Gasteiger partial charge on any atom is 0.258 e. The Morgan fingerprint density at radius 1 is 1.11 bits per heavy atom. The van der Waals surface area contributed by atoms with Crippen molar-refractivity contribution in [3.63, 3.8) is 0 Å². The lowest BCUT2D eigenvalue weighted by Crippen LogP contribution is -2.44. The number of Topliss-reactive ketones (excluding diaryl/α,β-unsaturated/α-hetero) is 1. The van der Waals surface area contributed by atoms with Crippen LogP contribution in [0.15, 0.2) is 54.6 Å². The number of hydrogen-bond acceptors (Lipinski definition) is 5. The maximum absolute atomic E-state index is 12.3. The summed E-state index contributed by atoms with van der Waals surface area (Å²) >= 11 is 0. The van der Waals surface area contributed by atoms with E-state index in [2.05, 4.69) is 22.3 Å². The molecule has 1 saturated heterocycles. The van der Waals surface area contributed by atoms with E-state index in [1.165, 1.54) is 12.5 Å². The van der Waals surface area contributed by atoms with Crippen LogP contribution in [0.5, 0.6) is 5.75 Å². The SMILES string of the molecule is CC(=O)c1cccc(OCC(=O)NCC(c2ccccc2)N2CCOCC2)c1. The summed E-state index contributed by atoms with van der Waals surface area (Å²) in [6.45, 7) is 4.99. The lowest BCUT2D eigenvalue weighted by Gasteiger charge is -2.34. The second-order valence-corrected chi connectivity index (χ2v) is 6.75. The summed E-state index contributed by atoms with van der Waals surface area (Å²) in [4.78, 5) is 26.1. The molecule has 148 valence electrons. The van der Waals surface area contributed by atoms with Gasteiger partial charge in [-0.2, -0.15) is 0 Å². The third kappa shape index (κ3) is 5.65. The van der Waals surface area contributed by atoms with Crippen molar-refractivity contribution >= 4 is 11.7 Å². The fourth-order valence-electron chi connectivity index (χ4n) is 3.24. The van der Waals surface area contributed by atoms with E-state index in [1.54, 1.807) is 24.3 Å². The van der Waals surface area contributed by atoms with Gasteiger partial charge in [-0.1, -0.05) is 42.5 Å². The van der Waals surface area contributed by atoms with Crippen molar-refractivity contribution in [3.8, 4) is 5.75 Å². The minimum absolute atomic E-state index is 0.0360. The van der Waals surface area contributed by atoms with Crippen LogP contribution in [0.1, 0.15) is 28.9 Å². The summed E-state index contributed by atoms with van der Waals surface area (Å²) in [6, 6.07) is 17.1. The van der Waals surface area contributed by atoms with Crippen LogP contribution < -0.4 is 10.1 Å². The average molecular weight is 382 g/mol. The van der Waals surface area contributed by atoms with Crippen LogP contribution in [-0.2, 0) is 9.53 Å². The molecular weight excluding hydrogens is 356 g/mol. The van der Waals surface area contributed by atoms with Crippen molar-refractivity contribution in [3.05, 3.63) is 65.7 Å². The number of hydrogen-bond donors (Lipinski definition) is 1. The molecule has 0 aromatic heterocycles. The zero-order valence-corrected chi connectivity index (χ0v) is 16.1. The molecule has 2 aromatic carbocycles. The lowest BCUT2D eigenvalue weighted by atomic mass is 10.0. The molecule has 3 rings (SSSR count). The molecule has 1 aliphatic heterocycles. The molecule has 1 amide bonds. The van der Waals surface area contributed by atoms with Gasteiger partial charge in [-0.15, -0.1) is 0 Å². The molecule has 0 saturated carbocycles. The zero-order valence-electron chi connectivity index (χ0n) is 16.1. The summed E-state index contributed by atoms with van der Waals surface area (Å²) in [5.41, 5.74) is 1.73. The molecule has 1 unspecified atom stereocenters. The highest BCUT2D eigenvalue weighted by atomic mass is 16.5. The minimum atomic E-state index is -0.192. The number of rotatable bonds is 8. The second kappa shape index (κ2) is 10.0. The highest BCUT2D eigenvalue weighted by Gasteiger charge is 2.23. The first-order chi connectivity index (χ1) is 13.6. The number of carbonyl (C=O) groups excluding carboxylic acids is 2. The first-order valence-electron chi connectivity index (χ1n) is 9.51. The van der Waals surface area contributed by atoms with Gasteiger partial charge < -0.3 is 14.8 Å². The van der Waals surface area contributed by atoms with Gasteiger partial charge in [0, 0.05) is 25.2 Å². The Morgan fingerprint density at radius 3 is 2.57 bits per heavy atom. The largest absolute Gasteiger partial charge is 0.484 e. The number of morpholine rings is 1. The molecule has 1 fully saturated rings. The number of amides is 1. The van der Waals surface area contributed by atoms with Crippen molar-refractivity contribution < 1.29 is 19.1 Å².